The van der Waals surface area contributed by atoms with Crippen LogP contribution in [0.25, 0.3) is 0 Å². The van der Waals surface area contributed by atoms with Crippen LogP contribution in [0.3, 0.4) is 0 Å². The van der Waals surface area contributed by atoms with Crippen LogP contribution in [-0.2, 0) is 9.59 Å². The summed E-state index contributed by atoms with van der Waals surface area (Å²) in [5.41, 5.74) is -0.918. The van der Waals surface area contributed by atoms with Crippen LogP contribution in [-0.4, -0.2) is 64.0 Å². The zero-order valence-corrected chi connectivity index (χ0v) is 11.9. The van der Waals surface area contributed by atoms with Crippen molar-refractivity contribution in [3.63, 3.8) is 0 Å². The maximum atomic E-state index is 12.2. The van der Waals surface area contributed by atoms with Gasteiger partial charge in [-0.3, -0.25) is 14.5 Å². The van der Waals surface area contributed by atoms with Crippen LogP contribution in [0.1, 0.15) is 33.1 Å². The van der Waals surface area contributed by atoms with Crippen molar-refractivity contribution in [3.05, 3.63) is 0 Å². The van der Waals surface area contributed by atoms with Crippen molar-refractivity contribution in [1.82, 2.24) is 15.1 Å². The molecule has 20 heavy (non-hydrogen) atoms. The number of carbonyl (C=O) groups excluding carboxylic acids is 3. The van der Waals surface area contributed by atoms with E-state index in [1.807, 2.05) is 6.92 Å². The van der Waals surface area contributed by atoms with Crippen molar-refractivity contribution in [2.75, 3.05) is 19.7 Å². The van der Waals surface area contributed by atoms with Gasteiger partial charge in [-0.25, -0.2) is 4.79 Å². The third-order valence-corrected chi connectivity index (χ3v) is 4.25. The first-order chi connectivity index (χ1) is 9.42. The molecule has 2 aliphatic rings. The first kappa shape index (κ1) is 14.8. The summed E-state index contributed by atoms with van der Waals surface area (Å²) in [6.07, 6.45) is 2.07. The molecule has 2 aliphatic heterocycles. The number of likely N-dealkylation sites (tertiary alicyclic amines) is 1. The molecule has 1 unspecified atom stereocenters. The van der Waals surface area contributed by atoms with Gasteiger partial charge >= 0.3 is 6.03 Å². The number of aliphatic hydroxyl groups is 1. The van der Waals surface area contributed by atoms with Gasteiger partial charge in [-0.05, 0) is 26.2 Å². The molecule has 4 amide bonds. The Labute approximate surface area is 117 Å². The minimum atomic E-state index is -0.918. The summed E-state index contributed by atoms with van der Waals surface area (Å²) in [7, 11) is 0. The number of aliphatic hydroxyl groups excluding tert-OH is 1. The lowest BCUT2D eigenvalue weighted by molar-refractivity contribution is -0.139. The lowest BCUT2D eigenvalue weighted by Crippen LogP contribution is -2.47. The van der Waals surface area contributed by atoms with E-state index < -0.39 is 11.6 Å². The molecule has 0 aromatic rings. The molecule has 0 aromatic heterocycles. The smallest absolute Gasteiger partial charge is 0.325 e. The molecular weight excluding hydrogens is 262 g/mol. The number of rotatable bonds is 4. The Morgan fingerprint density at radius 3 is 2.75 bits per heavy atom. The van der Waals surface area contributed by atoms with Crippen molar-refractivity contribution in [1.29, 1.82) is 0 Å². The Kier molecular flexibility index (Phi) is 3.99. The molecule has 0 aliphatic carbocycles. The number of urea groups is 1. The standard InChI is InChI=1S/C13H21N3O4/c1-3-13(2)11(19)16(12(20)14-13)7-10(18)15-6-4-5-9(15)8-17/h9,17H,3-8H2,1-2H3,(H,14,20)/t9-,13?/m0/s1. The number of nitrogens with zero attached hydrogens (tertiary/aromatic N) is 2. The number of carbonyl (C=O) groups is 3. The average Bonchev–Trinajstić information content (AvgIpc) is 2.98. The van der Waals surface area contributed by atoms with Crippen molar-refractivity contribution in [2.45, 2.75) is 44.7 Å². The van der Waals surface area contributed by atoms with Gasteiger partial charge in [0, 0.05) is 6.54 Å². The molecule has 0 radical (unpaired) electrons. The number of nitrogens with one attached hydrogen (secondary N) is 1. The van der Waals surface area contributed by atoms with Crippen LogP contribution in [0.15, 0.2) is 0 Å². The summed E-state index contributed by atoms with van der Waals surface area (Å²) < 4.78 is 0. The van der Waals surface area contributed by atoms with Crippen LogP contribution in [0.4, 0.5) is 4.79 Å². The summed E-state index contributed by atoms with van der Waals surface area (Å²) >= 11 is 0. The highest BCUT2D eigenvalue weighted by Crippen LogP contribution is 2.22. The largest absolute Gasteiger partial charge is 0.394 e. The monoisotopic (exact) mass is 283 g/mol. The van der Waals surface area contributed by atoms with Crippen LogP contribution in [0, 0.1) is 0 Å². The molecule has 0 spiro atoms. The molecule has 2 rings (SSSR count). The third kappa shape index (κ3) is 2.37. The third-order valence-electron chi connectivity index (χ3n) is 4.25. The van der Waals surface area contributed by atoms with Gasteiger partial charge in [-0.2, -0.15) is 0 Å². The topological polar surface area (TPSA) is 90.0 Å². The van der Waals surface area contributed by atoms with Crippen LogP contribution in [0.2, 0.25) is 0 Å². The maximum absolute atomic E-state index is 12.2. The number of imide groups is 1. The summed E-state index contributed by atoms with van der Waals surface area (Å²) in [6.45, 7) is 3.70. The lowest BCUT2D eigenvalue weighted by atomic mass is 9.99. The average molecular weight is 283 g/mol. The Hall–Kier alpha value is -1.63. The van der Waals surface area contributed by atoms with Crippen LogP contribution in [0.5, 0.6) is 0 Å². The molecule has 2 N–H and O–H groups in total. The van der Waals surface area contributed by atoms with Gasteiger partial charge in [0.05, 0.1) is 12.6 Å². The number of amides is 4. The van der Waals surface area contributed by atoms with E-state index in [4.69, 9.17) is 0 Å². The molecule has 2 atom stereocenters. The zero-order chi connectivity index (χ0) is 14.9. The Morgan fingerprint density at radius 2 is 2.20 bits per heavy atom. The van der Waals surface area contributed by atoms with Crippen LogP contribution >= 0.6 is 0 Å². The van der Waals surface area contributed by atoms with Crippen molar-refractivity contribution < 1.29 is 19.5 Å². The molecule has 2 saturated heterocycles. The maximum Gasteiger partial charge on any atom is 0.325 e. The quantitative estimate of drug-likeness (QED) is 0.693. The van der Waals surface area contributed by atoms with Gasteiger partial charge in [0.2, 0.25) is 5.91 Å². The lowest BCUT2D eigenvalue weighted by Gasteiger charge is -2.25. The minimum absolute atomic E-state index is 0.0848. The van der Waals surface area contributed by atoms with Gasteiger partial charge in [0.1, 0.15) is 12.1 Å². The molecule has 7 nitrogen and oxygen atoms in total. The van der Waals surface area contributed by atoms with E-state index in [0.29, 0.717) is 13.0 Å². The molecule has 7 heteroatoms. The fraction of sp³-hybridized carbons (Fsp3) is 0.769. The second-order valence-electron chi connectivity index (χ2n) is 5.57. The second kappa shape index (κ2) is 5.40. The van der Waals surface area contributed by atoms with Gasteiger partial charge in [-0.1, -0.05) is 6.92 Å². The van der Waals surface area contributed by atoms with Crippen molar-refractivity contribution in [3.8, 4) is 0 Å². The molecule has 112 valence electrons. The predicted octanol–water partition coefficient (Wildman–Crippen LogP) is -0.310. The van der Waals surface area contributed by atoms with Gasteiger partial charge in [-0.15, -0.1) is 0 Å². The Balaban J connectivity index is 2.05. The number of hydrogen-bond donors (Lipinski definition) is 2. The van der Waals surface area contributed by atoms with E-state index in [9.17, 15) is 19.5 Å². The molecule has 0 saturated carbocycles. The second-order valence-corrected chi connectivity index (χ2v) is 5.57. The predicted molar refractivity (Wildman–Crippen MR) is 70.8 cm³/mol. The Bertz CT molecular complexity index is 439. The summed E-state index contributed by atoms with van der Waals surface area (Å²) in [4.78, 5) is 38.8. The molecular formula is C13H21N3O4. The SMILES string of the molecule is CCC1(C)NC(=O)N(CC(=O)N2CCC[C@H]2CO)C1=O. The van der Waals surface area contributed by atoms with Crippen LogP contribution < -0.4 is 5.32 Å². The zero-order valence-electron chi connectivity index (χ0n) is 11.9. The molecule has 0 aromatic carbocycles. The fourth-order valence-corrected chi connectivity index (χ4v) is 2.71. The minimum Gasteiger partial charge on any atom is -0.394 e. The van der Waals surface area contributed by atoms with E-state index in [1.54, 1.807) is 11.8 Å². The highest BCUT2D eigenvalue weighted by Gasteiger charge is 2.47. The summed E-state index contributed by atoms with van der Waals surface area (Å²) in [6, 6.07) is -0.715. The highest BCUT2D eigenvalue weighted by atomic mass is 16.3. The first-order valence-corrected chi connectivity index (χ1v) is 6.97. The van der Waals surface area contributed by atoms with Gasteiger partial charge in [0.15, 0.2) is 0 Å². The van der Waals surface area contributed by atoms with Crippen molar-refractivity contribution >= 4 is 17.8 Å². The van der Waals surface area contributed by atoms with E-state index in [0.717, 1.165) is 17.7 Å². The van der Waals surface area contributed by atoms with E-state index >= 15 is 0 Å². The normalized spacial score (nSPS) is 30.1. The van der Waals surface area contributed by atoms with Crippen molar-refractivity contribution in [2.24, 2.45) is 0 Å². The number of hydrogen-bond acceptors (Lipinski definition) is 4. The molecule has 2 fully saturated rings. The summed E-state index contributed by atoms with van der Waals surface area (Å²) in [5, 5.41) is 11.8. The first-order valence-electron chi connectivity index (χ1n) is 6.97. The van der Waals surface area contributed by atoms with Gasteiger partial charge in [0.25, 0.3) is 5.91 Å². The van der Waals surface area contributed by atoms with E-state index in [-0.39, 0.29) is 31.0 Å². The van der Waals surface area contributed by atoms with E-state index in [2.05, 4.69) is 5.32 Å². The fourth-order valence-electron chi connectivity index (χ4n) is 2.71. The summed E-state index contributed by atoms with van der Waals surface area (Å²) in [5.74, 6) is -0.650. The van der Waals surface area contributed by atoms with Gasteiger partial charge < -0.3 is 15.3 Å². The highest BCUT2D eigenvalue weighted by molar-refractivity contribution is 6.08. The van der Waals surface area contributed by atoms with E-state index in [1.165, 1.54) is 0 Å². The molecule has 2 heterocycles. The molecule has 0 bridgehead atoms. The Morgan fingerprint density at radius 1 is 1.50 bits per heavy atom.